The van der Waals surface area contributed by atoms with Crippen LogP contribution in [0.3, 0.4) is 0 Å². The van der Waals surface area contributed by atoms with Gasteiger partial charge in [-0.15, -0.1) is 6.58 Å². The highest BCUT2D eigenvalue weighted by molar-refractivity contribution is 5.79. The van der Waals surface area contributed by atoms with Crippen molar-refractivity contribution in [1.82, 2.24) is 0 Å². The van der Waals surface area contributed by atoms with E-state index in [1.165, 1.54) is 0 Å². The van der Waals surface area contributed by atoms with E-state index in [9.17, 15) is 14.7 Å². The number of carbonyl (C=O) groups excluding carboxylic acids is 1. The van der Waals surface area contributed by atoms with Gasteiger partial charge >= 0.3 is 11.9 Å². The van der Waals surface area contributed by atoms with Gasteiger partial charge < -0.3 is 9.84 Å². The maximum Gasteiger partial charge on any atom is 0.310 e. The first kappa shape index (κ1) is 19.7. The van der Waals surface area contributed by atoms with Gasteiger partial charge in [-0.05, 0) is 37.0 Å². The van der Waals surface area contributed by atoms with E-state index in [1.807, 2.05) is 34.6 Å². The quantitative estimate of drug-likeness (QED) is 0.534. The van der Waals surface area contributed by atoms with Crippen molar-refractivity contribution in [2.75, 3.05) is 0 Å². The Kier molecular flexibility index (Phi) is 6.84. The van der Waals surface area contributed by atoms with E-state index in [2.05, 4.69) is 6.58 Å². The van der Waals surface area contributed by atoms with Gasteiger partial charge in [0.15, 0.2) is 0 Å². The van der Waals surface area contributed by atoms with Crippen LogP contribution in [0, 0.1) is 29.1 Å². The Morgan fingerprint density at radius 3 is 2.26 bits per heavy atom. The number of esters is 1. The molecular weight excluding hydrogens is 292 g/mol. The van der Waals surface area contributed by atoms with E-state index in [4.69, 9.17) is 4.74 Å². The molecule has 0 amide bonds. The molecule has 132 valence electrons. The molecule has 0 unspecified atom stereocenters. The SMILES string of the molecule is C=CC[C@]1(C(=O)O)CCC[C@H]1[C@H](C)C(=O)OC(C(C)C)C(C)C. The molecule has 23 heavy (non-hydrogen) atoms. The summed E-state index contributed by atoms with van der Waals surface area (Å²) in [5.41, 5.74) is -0.870. The zero-order chi connectivity index (χ0) is 17.8. The van der Waals surface area contributed by atoms with Crippen molar-refractivity contribution in [1.29, 1.82) is 0 Å². The fourth-order valence-corrected chi connectivity index (χ4v) is 4.14. The average Bonchev–Trinajstić information content (AvgIpc) is 2.88. The van der Waals surface area contributed by atoms with E-state index in [-0.39, 0.29) is 29.8 Å². The predicted molar refractivity (Wildman–Crippen MR) is 90.9 cm³/mol. The molecule has 0 aromatic carbocycles. The summed E-state index contributed by atoms with van der Waals surface area (Å²) >= 11 is 0. The van der Waals surface area contributed by atoms with Crippen LogP contribution in [0.1, 0.15) is 60.3 Å². The van der Waals surface area contributed by atoms with Crippen LogP contribution in [-0.2, 0) is 14.3 Å². The Labute approximate surface area is 140 Å². The van der Waals surface area contributed by atoms with Crippen LogP contribution < -0.4 is 0 Å². The van der Waals surface area contributed by atoms with Gasteiger partial charge in [-0.25, -0.2) is 0 Å². The van der Waals surface area contributed by atoms with E-state index in [1.54, 1.807) is 6.08 Å². The molecule has 0 heterocycles. The second-order valence-corrected chi connectivity index (χ2v) is 7.63. The molecule has 1 rings (SSSR count). The number of aliphatic carboxylic acids is 1. The lowest BCUT2D eigenvalue weighted by Gasteiger charge is -2.35. The standard InChI is InChI=1S/C19H32O4/c1-7-10-19(18(21)22)11-8-9-15(19)14(6)17(20)23-16(12(2)3)13(4)5/h7,12-16H,1,8-11H2,2-6H3,(H,21,22)/t14-,15-,19-/m0/s1. The Hall–Kier alpha value is -1.32. The number of carboxylic acids is 1. The average molecular weight is 324 g/mol. The van der Waals surface area contributed by atoms with Gasteiger partial charge in [-0.2, -0.15) is 0 Å². The van der Waals surface area contributed by atoms with Crippen molar-refractivity contribution in [2.24, 2.45) is 29.1 Å². The molecule has 4 nitrogen and oxygen atoms in total. The van der Waals surface area contributed by atoms with E-state index >= 15 is 0 Å². The largest absolute Gasteiger partial charge is 0.481 e. The molecular formula is C19H32O4. The van der Waals surface area contributed by atoms with Crippen molar-refractivity contribution in [3.63, 3.8) is 0 Å². The van der Waals surface area contributed by atoms with Gasteiger partial charge in [0.1, 0.15) is 6.10 Å². The minimum absolute atomic E-state index is 0.134. The van der Waals surface area contributed by atoms with Gasteiger partial charge in [-0.3, -0.25) is 9.59 Å². The van der Waals surface area contributed by atoms with Crippen LogP contribution in [-0.4, -0.2) is 23.1 Å². The highest BCUT2D eigenvalue weighted by atomic mass is 16.5. The highest BCUT2D eigenvalue weighted by Gasteiger charge is 2.52. The van der Waals surface area contributed by atoms with E-state index in [0.29, 0.717) is 12.8 Å². The number of hydrogen-bond acceptors (Lipinski definition) is 3. The van der Waals surface area contributed by atoms with Gasteiger partial charge in [-0.1, -0.05) is 47.1 Å². The summed E-state index contributed by atoms with van der Waals surface area (Å²) in [6, 6.07) is 0. The first-order valence-electron chi connectivity index (χ1n) is 8.72. The topological polar surface area (TPSA) is 63.6 Å². The Morgan fingerprint density at radius 1 is 1.26 bits per heavy atom. The second-order valence-electron chi connectivity index (χ2n) is 7.63. The fraction of sp³-hybridized carbons (Fsp3) is 0.789. The first-order valence-corrected chi connectivity index (χ1v) is 8.72. The van der Waals surface area contributed by atoms with Gasteiger partial charge in [0, 0.05) is 0 Å². The number of allylic oxidation sites excluding steroid dienone is 1. The van der Waals surface area contributed by atoms with Gasteiger partial charge in [0.25, 0.3) is 0 Å². The lowest BCUT2D eigenvalue weighted by molar-refractivity contribution is -0.165. The molecule has 0 aromatic heterocycles. The van der Waals surface area contributed by atoms with E-state index < -0.39 is 17.3 Å². The summed E-state index contributed by atoms with van der Waals surface area (Å²) in [6.45, 7) is 13.7. The molecule has 0 saturated heterocycles. The van der Waals surface area contributed by atoms with Crippen LogP contribution in [0.15, 0.2) is 12.7 Å². The van der Waals surface area contributed by atoms with Gasteiger partial charge in [0.05, 0.1) is 11.3 Å². The van der Waals surface area contributed by atoms with E-state index in [0.717, 1.165) is 12.8 Å². The fourth-order valence-electron chi connectivity index (χ4n) is 4.14. The van der Waals surface area contributed by atoms with Crippen LogP contribution in [0.4, 0.5) is 0 Å². The summed E-state index contributed by atoms with van der Waals surface area (Å²) in [7, 11) is 0. The smallest absolute Gasteiger partial charge is 0.310 e. The lowest BCUT2D eigenvalue weighted by Crippen LogP contribution is -2.41. The maximum absolute atomic E-state index is 12.6. The summed E-state index contributed by atoms with van der Waals surface area (Å²) < 4.78 is 5.74. The number of carboxylic acid groups (broad SMARTS) is 1. The second kappa shape index (κ2) is 7.98. The molecule has 1 fully saturated rings. The minimum atomic E-state index is -0.870. The summed E-state index contributed by atoms with van der Waals surface area (Å²) in [5.74, 6) is -1.19. The molecule has 1 aliphatic rings. The zero-order valence-corrected chi connectivity index (χ0v) is 15.2. The number of rotatable bonds is 8. The Bertz CT molecular complexity index is 433. The third kappa shape index (κ3) is 4.15. The number of ether oxygens (including phenoxy) is 1. The van der Waals surface area contributed by atoms with Crippen molar-refractivity contribution < 1.29 is 19.4 Å². The molecule has 0 radical (unpaired) electrons. The van der Waals surface area contributed by atoms with Crippen molar-refractivity contribution in [2.45, 2.75) is 66.4 Å². The molecule has 1 saturated carbocycles. The minimum Gasteiger partial charge on any atom is -0.481 e. The normalized spacial score (nSPS) is 25.8. The van der Waals surface area contributed by atoms with Crippen LogP contribution in [0.25, 0.3) is 0 Å². The Balaban J connectivity index is 2.93. The summed E-state index contributed by atoms with van der Waals surface area (Å²) in [6.07, 6.45) is 4.13. The lowest BCUT2D eigenvalue weighted by atomic mass is 9.70. The molecule has 0 aromatic rings. The Morgan fingerprint density at radius 2 is 1.83 bits per heavy atom. The summed E-state index contributed by atoms with van der Waals surface area (Å²) in [4.78, 5) is 24.5. The van der Waals surface area contributed by atoms with Gasteiger partial charge in [0.2, 0.25) is 0 Å². The van der Waals surface area contributed by atoms with Crippen molar-refractivity contribution in [3.8, 4) is 0 Å². The number of carbonyl (C=O) groups is 2. The third-order valence-corrected chi connectivity index (χ3v) is 5.32. The summed E-state index contributed by atoms with van der Waals surface area (Å²) in [5, 5.41) is 9.75. The van der Waals surface area contributed by atoms with Crippen LogP contribution in [0.5, 0.6) is 0 Å². The molecule has 4 heteroatoms. The van der Waals surface area contributed by atoms with Crippen molar-refractivity contribution in [3.05, 3.63) is 12.7 Å². The molecule has 3 atom stereocenters. The molecule has 1 aliphatic carbocycles. The molecule has 1 N–H and O–H groups in total. The van der Waals surface area contributed by atoms with Crippen LogP contribution >= 0.6 is 0 Å². The molecule has 0 spiro atoms. The monoisotopic (exact) mass is 324 g/mol. The van der Waals surface area contributed by atoms with Crippen molar-refractivity contribution >= 4 is 11.9 Å². The first-order chi connectivity index (χ1) is 10.7. The number of hydrogen-bond donors (Lipinski definition) is 1. The molecule has 0 aliphatic heterocycles. The van der Waals surface area contributed by atoms with Crippen LogP contribution in [0.2, 0.25) is 0 Å². The maximum atomic E-state index is 12.6. The zero-order valence-electron chi connectivity index (χ0n) is 15.2. The third-order valence-electron chi connectivity index (χ3n) is 5.32. The highest BCUT2D eigenvalue weighted by Crippen LogP contribution is 2.50. The predicted octanol–water partition coefficient (Wildman–Crippen LogP) is 4.29. The molecule has 0 bridgehead atoms.